The van der Waals surface area contributed by atoms with E-state index in [0.29, 0.717) is 42.2 Å². The molecule has 8 heteroatoms. The standard InChI is InChI=1S/C18H22N4O4/c1-11-15(9-22(3)10-17-19-12(2)26-21-17)20-18(25-11)14-8-13(23-4)6-7-16(14)24-5/h6-8H,9-10H2,1-5H3. The monoisotopic (exact) mass is 358 g/mol. The molecule has 3 aromatic rings. The first-order chi connectivity index (χ1) is 12.5. The number of nitrogens with zero attached hydrogens (tertiary/aromatic N) is 4. The minimum absolute atomic E-state index is 0.497. The molecule has 0 spiro atoms. The molecule has 8 nitrogen and oxygen atoms in total. The maximum absolute atomic E-state index is 5.87. The van der Waals surface area contributed by atoms with E-state index < -0.39 is 0 Å². The van der Waals surface area contributed by atoms with Gasteiger partial charge < -0.3 is 18.4 Å². The highest BCUT2D eigenvalue weighted by Gasteiger charge is 2.18. The van der Waals surface area contributed by atoms with Crippen molar-refractivity contribution < 1.29 is 18.4 Å². The van der Waals surface area contributed by atoms with Crippen molar-refractivity contribution in [3.05, 3.63) is 41.4 Å². The van der Waals surface area contributed by atoms with Crippen molar-refractivity contribution in [2.24, 2.45) is 0 Å². The lowest BCUT2D eigenvalue weighted by Crippen LogP contribution is -2.18. The normalized spacial score (nSPS) is 11.2. The SMILES string of the molecule is COc1ccc(OC)c(-c2nc(CN(C)Cc3noc(C)n3)c(C)o2)c1. The van der Waals surface area contributed by atoms with Crippen molar-refractivity contribution in [3.63, 3.8) is 0 Å². The summed E-state index contributed by atoms with van der Waals surface area (Å²) in [5.41, 5.74) is 1.59. The third-order valence-corrected chi connectivity index (χ3v) is 3.93. The molecule has 0 saturated heterocycles. The molecule has 0 amide bonds. The van der Waals surface area contributed by atoms with E-state index in [9.17, 15) is 0 Å². The Labute approximate surface area is 151 Å². The molecular formula is C18H22N4O4. The van der Waals surface area contributed by atoms with Gasteiger partial charge in [-0.1, -0.05) is 5.16 Å². The molecule has 0 aliphatic carbocycles. The van der Waals surface area contributed by atoms with Gasteiger partial charge in [0.05, 0.1) is 32.0 Å². The zero-order valence-electron chi connectivity index (χ0n) is 15.6. The van der Waals surface area contributed by atoms with Crippen LogP contribution in [0.25, 0.3) is 11.5 Å². The lowest BCUT2D eigenvalue weighted by Gasteiger charge is -2.12. The van der Waals surface area contributed by atoms with Crippen LogP contribution in [0.1, 0.15) is 23.2 Å². The number of oxazole rings is 1. The van der Waals surface area contributed by atoms with Crippen molar-refractivity contribution >= 4 is 0 Å². The lowest BCUT2D eigenvalue weighted by atomic mass is 10.2. The van der Waals surface area contributed by atoms with Crippen molar-refractivity contribution in [3.8, 4) is 23.0 Å². The summed E-state index contributed by atoms with van der Waals surface area (Å²) in [6.45, 7) is 4.81. The molecule has 2 heterocycles. The summed E-state index contributed by atoms with van der Waals surface area (Å²) in [5, 5.41) is 3.91. The van der Waals surface area contributed by atoms with E-state index in [1.54, 1.807) is 21.1 Å². The molecule has 0 bridgehead atoms. The van der Waals surface area contributed by atoms with Crippen molar-refractivity contribution in [1.82, 2.24) is 20.0 Å². The van der Waals surface area contributed by atoms with Crippen LogP contribution in [-0.2, 0) is 13.1 Å². The highest BCUT2D eigenvalue weighted by molar-refractivity contribution is 5.65. The van der Waals surface area contributed by atoms with Crippen molar-refractivity contribution in [2.75, 3.05) is 21.3 Å². The number of benzene rings is 1. The van der Waals surface area contributed by atoms with Gasteiger partial charge in [0.1, 0.15) is 17.3 Å². The summed E-state index contributed by atoms with van der Waals surface area (Å²) < 4.78 is 21.6. The van der Waals surface area contributed by atoms with Gasteiger partial charge in [-0.25, -0.2) is 4.98 Å². The van der Waals surface area contributed by atoms with Crippen LogP contribution >= 0.6 is 0 Å². The Morgan fingerprint density at radius 3 is 2.54 bits per heavy atom. The summed E-state index contributed by atoms with van der Waals surface area (Å²) in [4.78, 5) is 10.9. The van der Waals surface area contributed by atoms with Crippen LogP contribution in [0, 0.1) is 13.8 Å². The summed E-state index contributed by atoms with van der Waals surface area (Å²) >= 11 is 0. The fourth-order valence-corrected chi connectivity index (χ4v) is 2.63. The van der Waals surface area contributed by atoms with E-state index in [2.05, 4.69) is 15.1 Å². The quantitative estimate of drug-likeness (QED) is 0.637. The van der Waals surface area contributed by atoms with Gasteiger partial charge in [0.2, 0.25) is 11.8 Å². The maximum atomic E-state index is 5.87. The molecule has 0 N–H and O–H groups in total. The summed E-state index contributed by atoms with van der Waals surface area (Å²) in [6.07, 6.45) is 0. The predicted octanol–water partition coefficient (Wildman–Crippen LogP) is 2.99. The third kappa shape index (κ3) is 3.85. The molecular weight excluding hydrogens is 336 g/mol. The molecule has 138 valence electrons. The van der Waals surface area contributed by atoms with Crippen LogP contribution in [0.4, 0.5) is 0 Å². The van der Waals surface area contributed by atoms with Crippen LogP contribution < -0.4 is 9.47 Å². The first kappa shape index (κ1) is 17.9. The van der Waals surface area contributed by atoms with Crippen molar-refractivity contribution in [2.45, 2.75) is 26.9 Å². The van der Waals surface area contributed by atoms with Crippen LogP contribution in [0.15, 0.2) is 27.1 Å². The predicted molar refractivity (Wildman–Crippen MR) is 94.0 cm³/mol. The summed E-state index contributed by atoms with van der Waals surface area (Å²) in [6, 6.07) is 5.51. The zero-order valence-corrected chi connectivity index (χ0v) is 15.6. The Kier molecular flexibility index (Phi) is 5.22. The average Bonchev–Trinajstić information content (AvgIpc) is 3.20. The zero-order chi connectivity index (χ0) is 18.7. The lowest BCUT2D eigenvalue weighted by molar-refractivity contribution is 0.296. The van der Waals surface area contributed by atoms with E-state index >= 15 is 0 Å². The van der Waals surface area contributed by atoms with Crippen LogP contribution in [-0.4, -0.2) is 41.3 Å². The molecule has 0 fully saturated rings. The minimum Gasteiger partial charge on any atom is -0.497 e. The Hall–Kier alpha value is -2.87. The van der Waals surface area contributed by atoms with Crippen LogP contribution in [0.3, 0.4) is 0 Å². The second-order valence-electron chi connectivity index (χ2n) is 5.99. The second kappa shape index (κ2) is 7.57. The molecule has 0 radical (unpaired) electrons. The molecule has 3 rings (SSSR count). The number of hydrogen-bond acceptors (Lipinski definition) is 8. The first-order valence-corrected chi connectivity index (χ1v) is 8.16. The van der Waals surface area contributed by atoms with Gasteiger partial charge in [0.15, 0.2) is 5.82 Å². The van der Waals surface area contributed by atoms with Gasteiger partial charge in [-0.2, -0.15) is 4.98 Å². The number of rotatable bonds is 7. The van der Waals surface area contributed by atoms with Gasteiger partial charge >= 0.3 is 0 Å². The topological polar surface area (TPSA) is 86.7 Å². The smallest absolute Gasteiger partial charge is 0.230 e. The molecule has 0 saturated carbocycles. The molecule has 0 aliphatic heterocycles. The van der Waals surface area contributed by atoms with Gasteiger partial charge in [0.25, 0.3) is 0 Å². The molecule has 2 aromatic heterocycles. The maximum Gasteiger partial charge on any atom is 0.230 e. The molecule has 0 atom stereocenters. The Morgan fingerprint density at radius 2 is 1.88 bits per heavy atom. The molecule has 1 aromatic carbocycles. The van der Waals surface area contributed by atoms with Crippen LogP contribution in [0.2, 0.25) is 0 Å². The fourth-order valence-electron chi connectivity index (χ4n) is 2.63. The largest absolute Gasteiger partial charge is 0.497 e. The number of methoxy groups -OCH3 is 2. The van der Waals surface area contributed by atoms with E-state index in [1.807, 2.05) is 37.1 Å². The van der Waals surface area contributed by atoms with E-state index in [-0.39, 0.29) is 0 Å². The highest BCUT2D eigenvalue weighted by Crippen LogP contribution is 2.34. The Morgan fingerprint density at radius 1 is 1.08 bits per heavy atom. The van der Waals surface area contributed by atoms with Gasteiger partial charge in [-0.05, 0) is 32.2 Å². The average molecular weight is 358 g/mol. The molecule has 26 heavy (non-hydrogen) atoms. The minimum atomic E-state index is 0.497. The van der Waals surface area contributed by atoms with Gasteiger partial charge in [0, 0.05) is 13.5 Å². The number of aromatic nitrogens is 3. The van der Waals surface area contributed by atoms with E-state index in [1.165, 1.54) is 0 Å². The fraction of sp³-hybridized carbons (Fsp3) is 0.389. The molecule has 0 unspecified atom stereocenters. The van der Waals surface area contributed by atoms with Crippen LogP contribution in [0.5, 0.6) is 11.5 Å². The van der Waals surface area contributed by atoms with E-state index in [4.69, 9.17) is 18.4 Å². The van der Waals surface area contributed by atoms with Gasteiger partial charge in [-0.3, -0.25) is 4.90 Å². The first-order valence-electron chi connectivity index (χ1n) is 8.16. The Bertz CT molecular complexity index is 887. The number of ether oxygens (including phenoxy) is 2. The number of hydrogen-bond donors (Lipinski definition) is 0. The third-order valence-electron chi connectivity index (χ3n) is 3.93. The summed E-state index contributed by atoms with van der Waals surface area (Å²) in [7, 11) is 5.20. The summed E-state index contributed by atoms with van der Waals surface area (Å²) in [5.74, 6) is 3.83. The van der Waals surface area contributed by atoms with E-state index in [0.717, 1.165) is 17.0 Å². The molecule has 0 aliphatic rings. The van der Waals surface area contributed by atoms with Gasteiger partial charge in [-0.15, -0.1) is 0 Å². The highest BCUT2D eigenvalue weighted by atomic mass is 16.5. The van der Waals surface area contributed by atoms with Crippen molar-refractivity contribution in [1.29, 1.82) is 0 Å². The number of aryl methyl sites for hydroxylation is 2. The second-order valence-corrected chi connectivity index (χ2v) is 5.99. The Balaban J connectivity index is 1.81.